The molecule has 4 rings (SSSR count). The SMILES string of the molecule is COc1cc(C=C2C(=N)N3N=C(C(F)(F)F)SC3=NC2=O)cc(I)c1OCCOc1ccc(C)c(C)c1. The number of hydrazone groups is 1. The van der Waals surface area contributed by atoms with Crippen molar-refractivity contribution in [2.45, 2.75) is 20.0 Å². The Hall–Kier alpha value is -3.07. The van der Waals surface area contributed by atoms with Gasteiger partial charge in [0.05, 0.1) is 16.3 Å². The van der Waals surface area contributed by atoms with Gasteiger partial charge in [-0.3, -0.25) is 10.2 Å². The summed E-state index contributed by atoms with van der Waals surface area (Å²) < 4.78 is 56.8. The number of thioether (sulfide) groups is 1. The number of aliphatic imine (C=N–C) groups is 1. The van der Waals surface area contributed by atoms with Gasteiger partial charge in [-0.2, -0.15) is 28.3 Å². The molecule has 0 saturated heterocycles. The number of alkyl halides is 3. The third-order valence-electron chi connectivity index (χ3n) is 5.34. The Morgan fingerprint density at radius 2 is 1.86 bits per heavy atom. The normalized spacial score (nSPS) is 16.5. The standard InChI is InChI=1S/C24H20F3IN4O4S/c1-12-4-5-15(8-13(12)2)35-6-7-36-19-17(28)10-14(11-18(19)34-3)9-16-20(29)32-23(30-21(16)33)37-22(31-32)24(25,26)27/h4-5,8-11,29H,6-7H2,1-3H3. The first-order valence-electron chi connectivity index (χ1n) is 10.8. The van der Waals surface area contributed by atoms with Crippen LogP contribution in [-0.4, -0.2) is 53.5 Å². The van der Waals surface area contributed by atoms with E-state index < -0.39 is 23.0 Å². The van der Waals surface area contributed by atoms with Gasteiger partial charge in [-0.25, -0.2) is 0 Å². The number of ether oxygens (including phenoxy) is 3. The molecule has 0 aromatic heterocycles. The lowest BCUT2D eigenvalue weighted by Gasteiger charge is -2.20. The smallest absolute Gasteiger partial charge is 0.441 e. The Morgan fingerprint density at radius 3 is 2.54 bits per heavy atom. The molecule has 0 bridgehead atoms. The number of carbonyl (C=O) groups excluding carboxylic acids is 1. The second-order valence-corrected chi connectivity index (χ2v) is 10.0. The number of fused-ring (bicyclic) bond motifs is 1. The number of nitrogens with zero attached hydrogens (tertiary/aromatic N) is 3. The quantitative estimate of drug-likeness (QED) is 0.241. The van der Waals surface area contributed by atoms with E-state index in [9.17, 15) is 18.0 Å². The lowest BCUT2D eigenvalue weighted by Crippen LogP contribution is -2.35. The number of benzene rings is 2. The van der Waals surface area contributed by atoms with Crippen molar-refractivity contribution in [1.82, 2.24) is 5.01 Å². The van der Waals surface area contributed by atoms with E-state index in [1.54, 1.807) is 12.1 Å². The molecule has 1 amide bonds. The molecule has 0 aliphatic carbocycles. The summed E-state index contributed by atoms with van der Waals surface area (Å²) in [5, 5.41) is 10.9. The van der Waals surface area contributed by atoms with E-state index in [0.717, 1.165) is 11.3 Å². The van der Waals surface area contributed by atoms with Crippen LogP contribution >= 0.6 is 34.4 Å². The molecule has 13 heteroatoms. The zero-order valence-corrected chi connectivity index (χ0v) is 22.7. The first-order valence-corrected chi connectivity index (χ1v) is 12.6. The highest BCUT2D eigenvalue weighted by molar-refractivity contribution is 14.1. The average molecular weight is 644 g/mol. The van der Waals surface area contributed by atoms with Gasteiger partial charge in [0.1, 0.15) is 19.0 Å². The van der Waals surface area contributed by atoms with E-state index in [-0.39, 0.29) is 29.1 Å². The van der Waals surface area contributed by atoms with Gasteiger partial charge in [-0.05, 0) is 95.2 Å². The summed E-state index contributed by atoms with van der Waals surface area (Å²) >= 11 is 2.25. The maximum Gasteiger partial charge on any atom is 0.441 e. The van der Waals surface area contributed by atoms with Crippen LogP contribution in [0.5, 0.6) is 17.2 Å². The number of hydrogen-bond acceptors (Lipinski definition) is 7. The Balaban J connectivity index is 1.49. The van der Waals surface area contributed by atoms with Crippen LogP contribution < -0.4 is 14.2 Å². The van der Waals surface area contributed by atoms with Crippen LogP contribution in [0.4, 0.5) is 13.2 Å². The molecule has 1 N–H and O–H groups in total. The van der Waals surface area contributed by atoms with Gasteiger partial charge in [-0.1, -0.05) is 6.07 Å². The van der Waals surface area contributed by atoms with E-state index in [1.807, 2.05) is 54.6 Å². The summed E-state index contributed by atoms with van der Waals surface area (Å²) in [6.45, 7) is 4.57. The van der Waals surface area contributed by atoms with E-state index in [2.05, 4.69) is 10.1 Å². The van der Waals surface area contributed by atoms with Crippen molar-refractivity contribution in [2.75, 3.05) is 20.3 Å². The molecule has 2 aliphatic rings. The predicted molar refractivity (Wildman–Crippen MR) is 144 cm³/mol. The second-order valence-electron chi connectivity index (χ2n) is 7.90. The molecule has 0 fully saturated rings. The number of aryl methyl sites for hydroxylation is 2. The molecule has 37 heavy (non-hydrogen) atoms. The van der Waals surface area contributed by atoms with Crippen LogP contribution in [0.3, 0.4) is 0 Å². The van der Waals surface area contributed by atoms with E-state index in [1.165, 1.54) is 18.7 Å². The summed E-state index contributed by atoms with van der Waals surface area (Å²) in [7, 11) is 1.46. The number of halogens is 4. The fraction of sp³-hybridized carbons (Fsp3) is 0.250. The summed E-state index contributed by atoms with van der Waals surface area (Å²) in [6, 6.07) is 9.12. The maximum absolute atomic E-state index is 13.0. The van der Waals surface area contributed by atoms with Crippen molar-refractivity contribution in [3.8, 4) is 17.2 Å². The van der Waals surface area contributed by atoms with Crippen molar-refractivity contribution < 1.29 is 32.2 Å². The zero-order chi connectivity index (χ0) is 26.9. The number of amidine groups is 2. The molecule has 0 saturated carbocycles. The summed E-state index contributed by atoms with van der Waals surface area (Å²) in [6.07, 6.45) is -3.35. The van der Waals surface area contributed by atoms with E-state index in [0.29, 0.717) is 32.2 Å². The molecule has 2 aromatic carbocycles. The topological polar surface area (TPSA) is 96.6 Å². The third kappa shape index (κ3) is 5.92. The van der Waals surface area contributed by atoms with Gasteiger partial charge in [0, 0.05) is 0 Å². The van der Waals surface area contributed by atoms with Crippen molar-refractivity contribution in [1.29, 1.82) is 5.41 Å². The Bertz CT molecular complexity index is 1370. The minimum absolute atomic E-state index is 0.201. The van der Waals surface area contributed by atoms with Gasteiger partial charge in [0.15, 0.2) is 17.3 Å². The van der Waals surface area contributed by atoms with Crippen LogP contribution in [0.2, 0.25) is 0 Å². The first-order chi connectivity index (χ1) is 17.5. The number of methoxy groups -OCH3 is 1. The molecule has 2 heterocycles. The number of amides is 1. The summed E-state index contributed by atoms with van der Waals surface area (Å²) in [4.78, 5) is 16.2. The summed E-state index contributed by atoms with van der Waals surface area (Å²) in [5.41, 5.74) is 2.57. The fourth-order valence-electron chi connectivity index (χ4n) is 3.34. The van der Waals surface area contributed by atoms with Crippen molar-refractivity contribution in [2.24, 2.45) is 10.1 Å². The minimum atomic E-state index is -4.71. The molecule has 0 spiro atoms. The lowest BCUT2D eigenvalue weighted by atomic mass is 10.1. The second kappa shape index (κ2) is 10.7. The largest absolute Gasteiger partial charge is 0.493 e. The Morgan fingerprint density at radius 1 is 1.14 bits per heavy atom. The number of rotatable bonds is 7. The molecule has 194 valence electrons. The highest BCUT2D eigenvalue weighted by atomic mass is 127. The summed E-state index contributed by atoms with van der Waals surface area (Å²) in [5.74, 6) is 0.246. The molecular weight excluding hydrogens is 624 g/mol. The molecular formula is C24H20F3IN4O4S. The van der Waals surface area contributed by atoms with E-state index >= 15 is 0 Å². The maximum atomic E-state index is 13.0. The van der Waals surface area contributed by atoms with Gasteiger partial charge in [0.2, 0.25) is 10.2 Å². The Kier molecular flexibility index (Phi) is 7.83. The van der Waals surface area contributed by atoms with Crippen LogP contribution in [0.25, 0.3) is 6.08 Å². The number of carbonyl (C=O) groups is 1. The highest BCUT2D eigenvalue weighted by Crippen LogP contribution is 2.37. The highest BCUT2D eigenvalue weighted by Gasteiger charge is 2.46. The van der Waals surface area contributed by atoms with Crippen molar-refractivity contribution in [3.63, 3.8) is 0 Å². The van der Waals surface area contributed by atoms with Crippen LogP contribution in [0.1, 0.15) is 16.7 Å². The first kappa shape index (κ1) is 27.0. The zero-order valence-electron chi connectivity index (χ0n) is 19.8. The van der Waals surface area contributed by atoms with Crippen LogP contribution in [0.15, 0.2) is 46.0 Å². The molecule has 0 unspecified atom stereocenters. The molecule has 2 aromatic rings. The van der Waals surface area contributed by atoms with Crippen LogP contribution in [0, 0.1) is 22.8 Å². The third-order valence-corrected chi connectivity index (χ3v) is 7.09. The molecule has 0 atom stereocenters. The van der Waals surface area contributed by atoms with Gasteiger partial charge in [0.25, 0.3) is 5.91 Å². The van der Waals surface area contributed by atoms with Gasteiger partial charge >= 0.3 is 6.18 Å². The average Bonchev–Trinajstić information content (AvgIpc) is 3.27. The van der Waals surface area contributed by atoms with Crippen LogP contribution in [-0.2, 0) is 4.79 Å². The fourth-order valence-corrected chi connectivity index (χ4v) is 4.88. The molecule has 8 nitrogen and oxygen atoms in total. The lowest BCUT2D eigenvalue weighted by molar-refractivity contribution is -0.114. The van der Waals surface area contributed by atoms with Gasteiger partial charge in [-0.15, -0.1) is 0 Å². The molecule has 0 radical (unpaired) electrons. The molecule has 2 aliphatic heterocycles. The van der Waals surface area contributed by atoms with Crippen molar-refractivity contribution >= 4 is 62.4 Å². The monoisotopic (exact) mass is 644 g/mol. The van der Waals surface area contributed by atoms with E-state index in [4.69, 9.17) is 19.6 Å². The van der Waals surface area contributed by atoms with Gasteiger partial charge < -0.3 is 14.2 Å². The Labute approximate surface area is 228 Å². The van der Waals surface area contributed by atoms with Crippen molar-refractivity contribution in [3.05, 3.63) is 56.2 Å². The predicted octanol–water partition coefficient (Wildman–Crippen LogP) is 5.56. The number of hydrogen-bond donors (Lipinski definition) is 1. The number of nitrogens with one attached hydrogen (secondary N) is 1. The minimum Gasteiger partial charge on any atom is -0.493 e.